The van der Waals surface area contributed by atoms with Gasteiger partial charge in [0.15, 0.2) is 0 Å². The third kappa shape index (κ3) is 3.79. The van der Waals surface area contributed by atoms with Crippen molar-refractivity contribution in [2.75, 3.05) is 4.90 Å². The molecule has 0 saturated heterocycles. The van der Waals surface area contributed by atoms with E-state index in [1.807, 2.05) is 11.3 Å². The highest BCUT2D eigenvalue weighted by Crippen LogP contribution is 2.45. The number of rotatable bonds is 4. The van der Waals surface area contributed by atoms with Crippen LogP contribution in [0, 0.1) is 0 Å². The van der Waals surface area contributed by atoms with Crippen molar-refractivity contribution in [2.45, 2.75) is 0 Å². The number of benzene rings is 7. The Morgan fingerprint density at radius 1 is 0.419 bits per heavy atom. The van der Waals surface area contributed by atoms with Gasteiger partial charge in [0.1, 0.15) is 0 Å². The average molecular weight is 567 g/mol. The van der Waals surface area contributed by atoms with Gasteiger partial charge in [0.25, 0.3) is 0 Å². The molecule has 0 atom stereocenters. The Labute approximate surface area is 253 Å². The minimum Gasteiger partial charge on any atom is -0.310 e. The molecule has 9 rings (SSSR count). The van der Waals surface area contributed by atoms with Gasteiger partial charge < -0.3 is 9.47 Å². The molecular weight excluding hydrogens is 541 g/mol. The van der Waals surface area contributed by atoms with Crippen LogP contribution in [-0.2, 0) is 0 Å². The van der Waals surface area contributed by atoms with Crippen molar-refractivity contribution in [2.24, 2.45) is 0 Å². The first kappa shape index (κ1) is 24.2. The molecule has 0 aliphatic carbocycles. The van der Waals surface area contributed by atoms with Gasteiger partial charge in [-0.15, -0.1) is 11.3 Å². The van der Waals surface area contributed by atoms with Crippen LogP contribution in [0.1, 0.15) is 0 Å². The molecule has 0 fully saturated rings. The predicted octanol–water partition coefficient (Wildman–Crippen LogP) is 11.8. The maximum Gasteiger partial charge on any atom is 0.0548 e. The van der Waals surface area contributed by atoms with Gasteiger partial charge >= 0.3 is 0 Å². The first-order chi connectivity index (χ1) is 21.3. The quantitative estimate of drug-likeness (QED) is 0.206. The SMILES string of the molecule is c1ccc(N(c2ccccc2)c2ccc3c(c2)c2c4c(ccc2n3-c2ccc3ccccc3c2)sc2ccccc24)cc1. The van der Waals surface area contributed by atoms with Crippen molar-refractivity contribution in [1.82, 2.24) is 4.57 Å². The Kier molecular flexibility index (Phi) is 5.40. The third-order valence-electron chi connectivity index (χ3n) is 8.53. The number of fused-ring (bicyclic) bond motifs is 8. The van der Waals surface area contributed by atoms with Crippen molar-refractivity contribution in [3.63, 3.8) is 0 Å². The van der Waals surface area contributed by atoms with Gasteiger partial charge in [-0.1, -0.05) is 84.9 Å². The lowest BCUT2D eigenvalue weighted by molar-refractivity contribution is 1.18. The normalized spacial score (nSPS) is 11.7. The minimum atomic E-state index is 1.14. The molecule has 0 aliphatic heterocycles. The Morgan fingerprint density at radius 2 is 1.09 bits per heavy atom. The summed E-state index contributed by atoms with van der Waals surface area (Å²) in [6.07, 6.45) is 0. The summed E-state index contributed by atoms with van der Waals surface area (Å²) in [6, 6.07) is 57.1. The summed E-state index contributed by atoms with van der Waals surface area (Å²) in [5.74, 6) is 0. The Hall–Kier alpha value is -5.38. The zero-order chi connectivity index (χ0) is 28.3. The van der Waals surface area contributed by atoms with Gasteiger partial charge in [-0.05, 0) is 83.6 Å². The molecule has 0 spiro atoms. The van der Waals surface area contributed by atoms with E-state index < -0.39 is 0 Å². The average Bonchev–Trinajstić information content (AvgIpc) is 3.61. The van der Waals surface area contributed by atoms with Crippen molar-refractivity contribution >= 4 is 81.1 Å². The molecular formula is C40H26N2S. The summed E-state index contributed by atoms with van der Waals surface area (Å²) in [5, 5.41) is 7.72. The summed E-state index contributed by atoms with van der Waals surface area (Å²) in [7, 11) is 0. The lowest BCUT2D eigenvalue weighted by atomic mass is 10.0. The maximum absolute atomic E-state index is 2.45. The Morgan fingerprint density at radius 3 is 1.88 bits per heavy atom. The summed E-state index contributed by atoms with van der Waals surface area (Å²) in [6.45, 7) is 0. The van der Waals surface area contributed by atoms with Gasteiger partial charge in [-0.3, -0.25) is 0 Å². The van der Waals surface area contributed by atoms with E-state index in [0.717, 1.165) is 17.1 Å². The van der Waals surface area contributed by atoms with Crippen LogP contribution in [0.5, 0.6) is 0 Å². The fourth-order valence-corrected chi connectivity index (χ4v) is 7.76. The highest BCUT2D eigenvalue weighted by molar-refractivity contribution is 7.26. The summed E-state index contributed by atoms with van der Waals surface area (Å²) in [4.78, 5) is 2.35. The van der Waals surface area contributed by atoms with Crippen molar-refractivity contribution in [3.8, 4) is 5.69 Å². The summed E-state index contributed by atoms with van der Waals surface area (Å²) < 4.78 is 5.09. The molecule has 0 N–H and O–H groups in total. The zero-order valence-corrected chi connectivity index (χ0v) is 24.1. The molecule has 9 aromatic rings. The second-order valence-electron chi connectivity index (χ2n) is 11.0. The van der Waals surface area contributed by atoms with E-state index in [-0.39, 0.29) is 0 Å². The highest BCUT2D eigenvalue weighted by atomic mass is 32.1. The van der Waals surface area contributed by atoms with Crippen LogP contribution in [0.15, 0.2) is 158 Å². The van der Waals surface area contributed by atoms with Gasteiger partial charge in [-0.2, -0.15) is 0 Å². The minimum absolute atomic E-state index is 1.14. The first-order valence-electron chi connectivity index (χ1n) is 14.6. The van der Waals surface area contributed by atoms with E-state index in [2.05, 4.69) is 167 Å². The lowest BCUT2D eigenvalue weighted by Gasteiger charge is -2.25. The molecule has 43 heavy (non-hydrogen) atoms. The summed E-state index contributed by atoms with van der Waals surface area (Å²) >= 11 is 1.88. The molecule has 2 aromatic heterocycles. The van der Waals surface area contributed by atoms with E-state index in [9.17, 15) is 0 Å². The number of thiophene rings is 1. The Balaban J connectivity index is 1.40. The van der Waals surface area contributed by atoms with Crippen molar-refractivity contribution < 1.29 is 0 Å². The van der Waals surface area contributed by atoms with E-state index in [1.54, 1.807) is 0 Å². The van der Waals surface area contributed by atoms with E-state index >= 15 is 0 Å². The van der Waals surface area contributed by atoms with Crippen LogP contribution < -0.4 is 4.90 Å². The lowest BCUT2D eigenvalue weighted by Crippen LogP contribution is -2.09. The predicted molar refractivity (Wildman–Crippen MR) is 186 cm³/mol. The van der Waals surface area contributed by atoms with E-state index in [0.29, 0.717) is 0 Å². The van der Waals surface area contributed by atoms with Crippen LogP contribution in [0.3, 0.4) is 0 Å². The Bertz CT molecular complexity index is 2410. The standard InChI is InChI=1S/C40H26N2S/c1-3-13-29(14-4-1)41(30-15-5-2-6-16-30)32-21-22-35-34(26-32)39-36(23-24-38-40(39)33-17-9-10-18-37(33)43-38)42(35)31-20-19-27-11-7-8-12-28(27)25-31/h1-26H. The van der Waals surface area contributed by atoms with Crippen LogP contribution in [0.4, 0.5) is 17.1 Å². The molecule has 0 bridgehead atoms. The topological polar surface area (TPSA) is 8.17 Å². The van der Waals surface area contributed by atoms with Gasteiger partial charge in [0.2, 0.25) is 0 Å². The van der Waals surface area contributed by atoms with Crippen LogP contribution in [0.2, 0.25) is 0 Å². The fraction of sp³-hybridized carbons (Fsp3) is 0. The number of nitrogens with zero attached hydrogens (tertiary/aromatic N) is 2. The van der Waals surface area contributed by atoms with Crippen LogP contribution >= 0.6 is 11.3 Å². The van der Waals surface area contributed by atoms with Crippen molar-refractivity contribution in [1.29, 1.82) is 0 Å². The fourth-order valence-electron chi connectivity index (χ4n) is 6.65. The van der Waals surface area contributed by atoms with E-state index in [1.165, 1.54) is 58.4 Å². The van der Waals surface area contributed by atoms with Crippen molar-refractivity contribution in [3.05, 3.63) is 158 Å². The van der Waals surface area contributed by atoms with Gasteiger partial charge in [-0.25, -0.2) is 0 Å². The number of para-hydroxylation sites is 2. The molecule has 0 saturated carbocycles. The monoisotopic (exact) mass is 566 g/mol. The molecule has 0 amide bonds. The molecule has 0 unspecified atom stereocenters. The smallest absolute Gasteiger partial charge is 0.0548 e. The number of anilines is 3. The highest BCUT2D eigenvalue weighted by Gasteiger charge is 2.20. The summed E-state index contributed by atoms with van der Waals surface area (Å²) in [5.41, 5.74) is 7.02. The second kappa shape index (κ2) is 9.59. The second-order valence-corrected chi connectivity index (χ2v) is 12.1. The number of hydrogen-bond donors (Lipinski definition) is 0. The van der Waals surface area contributed by atoms with Crippen LogP contribution in [0.25, 0.3) is 58.4 Å². The molecule has 0 radical (unpaired) electrons. The zero-order valence-electron chi connectivity index (χ0n) is 23.3. The molecule has 3 heteroatoms. The molecule has 7 aromatic carbocycles. The van der Waals surface area contributed by atoms with E-state index in [4.69, 9.17) is 0 Å². The van der Waals surface area contributed by atoms with Gasteiger partial charge in [0.05, 0.1) is 11.0 Å². The van der Waals surface area contributed by atoms with Crippen LogP contribution in [-0.4, -0.2) is 4.57 Å². The molecule has 202 valence electrons. The first-order valence-corrected chi connectivity index (χ1v) is 15.4. The molecule has 2 nitrogen and oxygen atoms in total. The molecule has 2 heterocycles. The third-order valence-corrected chi connectivity index (χ3v) is 9.67. The maximum atomic E-state index is 2.45. The molecule has 0 aliphatic rings. The number of hydrogen-bond acceptors (Lipinski definition) is 2. The number of aromatic nitrogens is 1. The largest absolute Gasteiger partial charge is 0.310 e. The van der Waals surface area contributed by atoms with Gasteiger partial charge in [0, 0.05) is 53.7 Å².